The van der Waals surface area contributed by atoms with E-state index < -0.39 is 0 Å². The Morgan fingerprint density at radius 3 is 2.67 bits per heavy atom. The van der Waals surface area contributed by atoms with Crippen LogP contribution in [0.2, 0.25) is 0 Å². The highest BCUT2D eigenvalue weighted by atomic mass is 16.3. The van der Waals surface area contributed by atoms with Gasteiger partial charge in [-0.25, -0.2) is 0 Å². The second-order valence-electron chi connectivity index (χ2n) is 5.21. The molecule has 0 bridgehead atoms. The summed E-state index contributed by atoms with van der Waals surface area (Å²) in [5.74, 6) is 0.912. The van der Waals surface area contributed by atoms with Crippen LogP contribution in [-0.4, -0.2) is 23.5 Å². The van der Waals surface area contributed by atoms with E-state index >= 15 is 0 Å². The maximum atomic E-state index is 5.97. The second kappa shape index (κ2) is 6.08. The van der Waals surface area contributed by atoms with Crippen molar-refractivity contribution < 1.29 is 4.42 Å². The van der Waals surface area contributed by atoms with E-state index in [0.717, 1.165) is 23.3 Å². The molecule has 0 fully saturated rings. The van der Waals surface area contributed by atoms with Gasteiger partial charge >= 0.3 is 0 Å². The van der Waals surface area contributed by atoms with Crippen LogP contribution in [0.4, 0.5) is 0 Å². The SMILES string of the molecule is CN(Cc1ccncc1)C(CN)c1cc2ccccc2o1. The van der Waals surface area contributed by atoms with Crippen molar-refractivity contribution in [3.05, 3.63) is 66.2 Å². The normalized spacial score (nSPS) is 12.9. The minimum atomic E-state index is 0.0607. The molecule has 0 aliphatic heterocycles. The Labute approximate surface area is 124 Å². The molecule has 0 amide bonds. The summed E-state index contributed by atoms with van der Waals surface area (Å²) in [5, 5.41) is 1.11. The summed E-state index contributed by atoms with van der Waals surface area (Å²) in [6.07, 6.45) is 3.61. The zero-order valence-corrected chi connectivity index (χ0v) is 12.1. The molecule has 1 aromatic carbocycles. The van der Waals surface area contributed by atoms with Gasteiger partial charge in [-0.2, -0.15) is 0 Å². The first-order valence-electron chi connectivity index (χ1n) is 7.05. The topological polar surface area (TPSA) is 55.3 Å². The fourth-order valence-electron chi connectivity index (χ4n) is 2.57. The molecule has 0 spiro atoms. The van der Waals surface area contributed by atoms with Gasteiger partial charge in [0.2, 0.25) is 0 Å². The van der Waals surface area contributed by atoms with Crippen molar-refractivity contribution >= 4 is 11.0 Å². The number of rotatable bonds is 5. The van der Waals surface area contributed by atoms with Crippen LogP contribution in [0, 0.1) is 0 Å². The van der Waals surface area contributed by atoms with Gasteiger partial charge in [0.15, 0.2) is 0 Å². The molecule has 3 rings (SSSR count). The average molecular weight is 281 g/mol. The lowest BCUT2D eigenvalue weighted by atomic mass is 10.1. The minimum Gasteiger partial charge on any atom is -0.459 e. The van der Waals surface area contributed by atoms with Crippen molar-refractivity contribution in [2.75, 3.05) is 13.6 Å². The maximum absolute atomic E-state index is 5.97. The standard InChI is InChI=1S/C17H19N3O/c1-20(12-13-6-8-19-9-7-13)15(11-18)17-10-14-4-2-3-5-16(14)21-17/h2-10,15H,11-12,18H2,1H3. The fourth-order valence-corrected chi connectivity index (χ4v) is 2.57. The van der Waals surface area contributed by atoms with Crippen molar-refractivity contribution in [3.63, 3.8) is 0 Å². The first-order valence-corrected chi connectivity index (χ1v) is 7.05. The average Bonchev–Trinajstić information content (AvgIpc) is 2.92. The Morgan fingerprint density at radius 1 is 1.19 bits per heavy atom. The number of pyridine rings is 1. The zero-order chi connectivity index (χ0) is 14.7. The monoisotopic (exact) mass is 281 g/mol. The zero-order valence-electron chi connectivity index (χ0n) is 12.1. The molecule has 2 N–H and O–H groups in total. The predicted octanol–water partition coefficient (Wildman–Crippen LogP) is 2.96. The van der Waals surface area contributed by atoms with Gasteiger partial charge in [0.05, 0.1) is 6.04 Å². The highest BCUT2D eigenvalue weighted by molar-refractivity contribution is 5.77. The molecule has 0 radical (unpaired) electrons. The van der Waals surface area contributed by atoms with Crippen LogP contribution in [0.3, 0.4) is 0 Å². The van der Waals surface area contributed by atoms with Crippen LogP contribution >= 0.6 is 0 Å². The van der Waals surface area contributed by atoms with Gasteiger partial charge in [0.1, 0.15) is 11.3 Å². The molecule has 108 valence electrons. The van der Waals surface area contributed by atoms with Crippen LogP contribution < -0.4 is 5.73 Å². The first-order chi connectivity index (χ1) is 10.3. The van der Waals surface area contributed by atoms with E-state index in [1.54, 1.807) is 0 Å². The molecule has 0 saturated carbocycles. The van der Waals surface area contributed by atoms with E-state index in [0.29, 0.717) is 6.54 Å². The van der Waals surface area contributed by atoms with Gasteiger partial charge in [-0.05, 0) is 36.9 Å². The summed E-state index contributed by atoms with van der Waals surface area (Å²) in [7, 11) is 2.06. The quantitative estimate of drug-likeness (QED) is 0.781. The lowest BCUT2D eigenvalue weighted by molar-refractivity contribution is 0.216. The van der Waals surface area contributed by atoms with Crippen molar-refractivity contribution in [1.29, 1.82) is 0 Å². The predicted molar refractivity (Wildman–Crippen MR) is 83.7 cm³/mol. The van der Waals surface area contributed by atoms with Gasteiger partial charge < -0.3 is 10.2 Å². The van der Waals surface area contributed by atoms with Gasteiger partial charge in [-0.15, -0.1) is 0 Å². The summed E-state index contributed by atoms with van der Waals surface area (Å²) in [6, 6.07) is 14.2. The Bertz CT molecular complexity index is 675. The van der Waals surface area contributed by atoms with E-state index in [4.69, 9.17) is 10.2 Å². The number of aromatic nitrogens is 1. The third kappa shape index (κ3) is 2.96. The van der Waals surface area contributed by atoms with E-state index in [-0.39, 0.29) is 6.04 Å². The van der Waals surface area contributed by atoms with E-state index in [2.05, 4.69) is 29.1 Å². The van der Waals surface area contributed by atoms with Crippen LogP contribution in [0.15, 0.2) is 59.3 Å². The Morgan fingerprint density at radius 2 is 1.95 bits per heavy atom. The molecule has 4 heteroatoms. The Hall–Kier alpha value is -2.17. The number of benzene rings is 1. The maximum Gasteiger partial charge on any atom is 0.134 e. The number of nitrogens with zero attached hydrogens (tertiary/aromatic N) is 2. The Balaban J connectivity index is 1.83. The molecule has 1 unspecified atom stereocenters. The lowest BCUT2D eigenvalue weighted by Crippen LogP contribution is -2.29. The second-order valence-corrected chi connectivity index (χ2v) is 5.21. The van der Waals surface area contributed by atoms with Gasteiger partial charge in [-0.1, -0.05) is 18.2 Å². The van der Waals surface area contributed by atoms with Crippen LogP contribution in [0.25, 0.3) is 11.0 Å². The number of hydrogen-bond donors (Lipinski definition) is 1. The molecule has 4 nitrogen and oxygen atoms in total. The largest absolute Gasteiger partial charge is 0.459 e. The molecule has 2 heterocycles. The highest BCUT2D eigenvalue weighted by Gasteiger charge is 2.19. The van der Waals surface area contributed by atoms with Gasteiger partial charge in [-0.3, -0.25) is 9.88 Å². The Kier molecular flexibility index (Phi) is 3.99. The van der Waals surface area contributed by atoms with Gasteiger partial charge in [0.25, 0.3) is 0 Å². The van der Waals surface area contributed by atoms with Crippen LogP contribution in [0.1, 0.15) is 17.4 Å². The molecule has 3 aromatic rings. The minimum absolute atomic E-state index is 0.0607. The van der Waals surface area contributed by atoms with Crippen LogP contribution in [-0.2, 0) is 6.54 Å². The molecular weight excluding hydrogens is 262 g/mol. The van der Waals surface area contributed by atoms with Gasteiger partial charge in [0, 0.05) is 30.9 Å². The smallest absolute Gasteiger partial charge is 0.134 e. The molecule has 0 aliphatic rings. The number of para-hydroxylation sites is 1. The fraction of sp³-hybridized carbons (Fsp3) is 0.235. The number of hydrogen-bond acceptors (Lipinski definition) is 4. The molecular formula is C17H19N3O. The van der Waals surface area contributed by atoms with Crippen molar-refractivity contribution in [2.24, 2.45) is 5.73 Å². The molecule has 2 aromatic heterocycles. The van der Waals surface area contributed by atoms with Crippen molar-refractivity contribution in [3.8, 4) is 0 Å². The number of nitrogens with two attached hydrogens (primary N) is 1. The third-order valence-corrected chi connectivity index (χ3v) is 3.71. The van der Waals surface area contributed by atoms with E-state index in [1.165, 1.54) is 5.56 Å². The molecule has 21 heavy (non-hydrogen) atoms. The third-order valence-electron chi connectivity index (χ3n) is 3.71. The summed E-state index contributed by atoms with van der Waals surface area (Å²) < 4.78 is 5.95. The summed E-state index contributed by atoms with van der Waals surface area (Å²) in [5.41, 5.74) is 8.08. The summed E-state index contributed by atoms with van der Waals surface area (Å²) in [4.78, 5) is 6.24. The van der Waals surface area contributed by atoms with E-state index in [1.807, 2.05) is 42.7 Å². The van der Waals surface area contributed by atoms with Crippen molar-refractivity contribution in [1.82, 2.24) is 9.88 Å². The molecule has 0 saturated heterocycles. The van der Waals surface area contributed by atoms with Crippen LogP contribution in [0.5, 0.6) is 0 Å². The highest BCUT2D eigenvalue weighted by Crippen LogP contribution is 2.27. The number of likely N-dealkylation sites (N-methyl/N-ethyl adjacent to an activating group) is 1. The molecule has 1 atom stereocenters. The number of furan rings is 1. The molecule has 0 aliphatic carbocycles. The summed E-state index contributed by atoms with van der Waals surface area (Å²) in [6.45, 7) is 1.32. The van der Waals surface area contributed by atoms with Crippen molar-refractivity contribution in [2.45, 2.75) is 12.6 Å². The summed E-state index contributed by atoms with van der Waals surface area (Å²) >= 11 is 0. The lowest BCUT2D eigenvalue weighted by Gasteiger charge is -2.25. The van der Waals surface area contributed by atoms with E-state index in [9.17, 15) is 0 Å². The number of fused-ring (bicyclic) bond motifs is 1. The first kappa shape index (κ1) is 13.8.